The summed E-state index contributed by atoms with van der Waals surface area (Å²) < 4.78 is 0. The molecule has 4 aromatic rings. The van der Waals surface area contributed by atoms with Crippen LogP contribution in [0.5, 0.6) is 0 Å². The van der Waals surface area contributed by atoms with Crippen LogP contribution in [-0.4, -0.2) is 37.3 Å². The summed E-state index contributed by atoms with van der Waals surface area (Å²) in [5.74, 6) is -0.977. The van der Waals surface area contributed by atoms with Gasteiger partial charge in [0.05, 0.1) is 22.8 Å². The van der Waals surface area contributed by atoms with Gasteiger partial charge in [0.1, 0.15) is 11.4 Å². The third-order valence-corrected chi connectivity index (χ3v) is 4.15. The zero-order chi connectivity index (χ0) is 19.5. The van der Waals surface area contributed by atoms with Gasteiger partial charge in [0.25, 0.3) is 0 Å². The van der Waals surface area contributed by atoms with Crippen molar-refractivity contribution >= 4 is 17.3 Å². The number of ketones is 3. The van der Waals surface area contributed by atoms with Crippen LogP contribution in [0.4, 0.5) is 0 Å². The number of hydrogen-bond acceptors (Lipinski definition) is 5. The maximum atomic E-state index is 12.7. The molecule has 0 aliphatic heterocycles. The molecular weight excluding hydrogens is 356 g/mol. The number of carbonyl (C=O) groups is 3. The van der Waals surface area contributed by atoms with Crippen molar-refractivity contribution in [2.24, 2.45) is 0 Å². The van der Waals surface area contributed by atoms with Crippen molar-refractivity contribution in [2.75, 3.05) is 0 Å². The van der Waals surface area contributed by atoms with Crippen LogP contribution in [0.2, 0.25) is 0 Å². The Morgan fingerprint density at radius 3 is 1.29 bits per heavy atom. The lowest BCUT2D eigenvalue weighted by molar-refractivity contribution is 0.102. The SMILES string of the molecule is O=C(c1ccccn1)c1ccc(C(=O)c2ccc(C(=O)c3ccccn3)[nH]2)[nH]1. The van der Waals surface area contributed by atoms with Crippen LogP contribution in [0.25, 0.3) is 0 Å². The summed E-state index contributed by atoms with van der Waals surface area (Å²) in [4.78, 5) is 51.2. The molecule has 28 heavy (non-hydrogen) atoms. The van der Waals surface area contributed by atoms with Gasteiger partial charge in [-0.2, -0.15) is 0 Å². The van der Waals surface area contributed by atoms with Crippen LogP contribution in [0, 0.1) is 0 Å². The number of aromatic nitrogens is 4. The molecule has 0 aromatic carbocycles. The van der Waals surface area contributed by atoms with E-state index in [4.69, 9.17) is 0 Å². The highest BCUT2D eigenvalue weighted by molar-refractivity contribution is 6.12. The molecule has 4 heterocycles. The van der Waals surface area contributed by atoms with Crippen LogP contribution < -0.4 is 0 Å². The predicted octanol–water partition coefficient (Wildman–Crippen LogP) is 2.83. The summed E-state index contributed by atoms with van der Waals surface area (Å²) in [5, 5.41) is 0. The summed E-state index contributed by atoms with van der Waals surface area (Å²) in [6, 6.07) is 16.2. The molecule has 4 aromatic heterocycles. The first kappa shape index (κ1) is 17.3. The summed E-state index contributed by atoms with van der Waals surface area (Å²) in [7, 11) is 0. The van der Waals surface area contributed by atoms with Crippen molar-refractivity contribution in [3.05, 3.63) is 107 Å². The quantitative estimate of drug-likeness (QED) is 0.507. The van der Waals surface area contributed by atoms with Gasteiger partial charge in [-0.05, 0) is 48.5 Å². The van der Waals surface area contributed by atoms with Gasteiger partial charge in [0.15, 0.2) is 0 Å². The van der Waals surface area contributed by atoms with Gasteiger partial charge >= 0.3 is 0 Å². The van der Waals surface area contributed by atoms with E-state index in [-0.39, 0.29) is 51.5 Å². The largest absolute Gasteiger partial charge is 0.349 e. The number of rotatable bonds is 6. The standard InChI is InChI=1S/C21H14N4O3/c26-19(13-5-1-3-11-22-13)15-7-9-17(24-15)21(28)18-10-8-16(25-18)20(27)14-6-2-4-12-23-14/h1-12,24-25H. The fourth-order valence-electron chi connectivity index (χ4n) is 2.74. The maximum Gasteiger partial charge on any atom is 0.227 e. The Bertz CT molecular complexity index is 1070. The molecule has 7 nitrogen and oxygen atoms in total. The van der Waals surface area contributed by atoms with Crippen molar-refractivity contribution in [2.45, 2.75) is 0 Å². The van der Waals surface area contributed by atoms with E-state index in [9.17, 15) is 14.4 Å². The molecule has 0 aliphatic rings. The van der Waals surface area contributed by atoms with Gasteiger partial charge < -0.3 is 9.97 Å². The minimum atomic E-state index is -0.361. The van der Waals surface area contributed by atoms with E-state index in [0.29, 0.717) is 0 Å². The molecule has 0 unspecified atom stereocenters. The Morgan fingerprint density at radius 2 is 0.929 bits per heavy atom. The lowest BCUT2D eigenvalue weighted by atomic mass is 10.2. The fourth-order valence-corrected chi connectivity index (χ4v) is 2.74. The third-order valence-electron chi connectivity index (χ3n) is 4.15. The van der Waals surface area contributed by atoms with E-state index < -0.39 is 0 Å². The molecule has 136 valence electrons. The lowest BCUT2D eigenvalue weighted by Crippen LogP contribution is -2.08. The van der Waals surface area contributed by atoms with E-state index >= 15 is 0 Å². The Hall–Kier alpha value is -4.13. The van der Waals surface area contributed by atoms with E-state index in [0.717, 1.165) is 0 Å². The first-order valence-electron chi connectivity index (χ1n) is 8.47. The Kier molecular flexibility index (Phi) is 4.47. The second-order valence-corrected chi connectivity index (χ2v) is 5.99. The minimum Gasteiger partial charge on any atom is -0.349 e. The number of aromatic amines is 2. The van der Waals surface area contributed by atoms with Gasteiger partial charge in [-0.15, -0.1) is 0 Å². The number of pyridine rings is 2. The minimum absolute atomic E-state index is 0.234. The molecule has 7 heteroatoms. The van der Waals surface area contributed by atoms with Gasteiger partial charge in [-0.3, -0.25) is 24.4 Å². The highest BCUT2D eigenvalue weighted by atomic mass is 16.1. The van der Waals surface area contributed by atoms with Crippen molar-refractivity contribution in [3.8, 4) is 0 Å². The lowest BCUT2D eigenvalue weighted by Gasteiger charge is -1.99. The Morgan fingerprint density at radius 1 is 0.536 bits per heavy atom. The smallest absolute Gasteiger partial charge is 0.227 e. The molecule has 2 N–H and O–H groups in total. The van der Waals surface area contributed by atoms with Gasteiger partial charge in [0.2, 0.25) is 17.3 Å². The zero-order valence-electron chi connectivity index (χ0n) is 14.5. The normalized spacial score (nSPS) is 10.6. The first-order valence-corrected chi connectivity index (χ1v) is 8.47. The van der Waals surface area contributed by atoms with Crippen LogP contribution in [0.3, 0.4) is 0 Å². The molecule has 0 aliphatic carbocycles. The predicted molar refractivity (Wildman–Crippen MR) is 100 cm³/mol. The fraction of sp³-hybridized carbons (Fsp3) is 0. The number of hydrogen-bond donors (Lipinski definition) is 2. The first-order chi connectivity index (χ1) is 13.6. The summed E-state index contributed by atoms with van der Waals surface area (Å²) in [6.45, 7) is 0. The van der Waals surface area contributed by atoms with E-state index in [1.54, 1.807) is 36.4 Å². The zero-order valence-corrected chi connectivity index (χ0v) is 14.5. The van der Waals surface area contributed by atoms with Crippen LogP contribution in [0.15, 0.2) is 73.1 Å². The Labute approximate surface area is 159 Å². The number of H-pyrrole nitrogens is 2. The van der Waals surface area contributed by atoms with E-state index in [2.05, 4.69) is 19.9 Å². The van der Waals surface area contributed by atoms with Crippen LogP contribution in [0.1, 0.15) is 48.5 Å². The second kappa shape index (κ2) is 7.24. The van der Waals surface area contributed by atoms with E-state index in [1.807, 2.05) is 0 Å². The van der Waals surface area contributed by atoms with Gasteiger partial charge in [-0.25, -0.2) is 0 Å². The topological polar surface area (TPSA) is 109 Å². The number of nitrogens with one attached hydrogen (secondary N) is 2. The molecule has 4 rings (SSSR count). The van der Waals surface area contributed by atoms with Gasteiger partial charge in [-0.1, -0.05) is 12.1 Å². The average Bonchev–Trinajstić information content (AvgIpc) is 3.44. The molecule has 0 bridgehead atoms. The summed E-state index contributed by atoms with van der Waals surface area (Å²) in [6.07, 6.45) is 3.06. The molecule has 0 radical (unpaired) electrons. The van der Waals surface area contributed by atoms with Crippen molar-refractivity contribution in [1.82, 2.24) is 19.9 Å². The number of carbonyl (C=O) groups excluding carboxylic acids is 3. The molecule has 0 amide bonds. The molecule has 0 atom stereocenters. The van der Waals surface area contributed by atoms with Crippen molar-refractivity contribution in [1.29, 1.82) is 0 Å². The molecule has 0 saturated carbocycles. The highest BCUT2D eigenvalue weighted by Crippen LogP contribution is 2.14. The summed E-state index contributed by atoms with van der Waals surface area (Å²) >= 11 is 0. The van der Waals surface area contributed by atoms with Crippen LogP contribution >= 0.6 is 0 Å². The Balaban J connectivity index is 1.55. The molecular formula is C21H14N4O3. The van der Waals surface area contributed by atoms with Crippen molar-refractivity contribution in [3.63, 3.8) is 0 Å². The molecule has 0 fully saturated rings. The summed E-state index contributed by atoms with van der Waals surface area (Å²) in [5.41, 5.74) is 1.56. The van der Waals surface area contributed by atoms with E-state index in [1.165, 1.54) is 36.7 Å². The van der Waals surface area contributed by atoms with Crippen LogP contribution in [-0.2, 0) is 0 Å². The maximum absolute atomic E-state index is 12.7. The second-order valence-electron chi connectivity index (χ2n) is 5.99. The number of nitrogens with zero attached hydrogens (tertiary/aromatic N) is 2. The third kappa shape index (κ3) is 3.28. The molecule has 0 saturated heterocycles. The highest BCUT2D eigenvalue weighted by Gasteiger charge is 2.19. The average molecular weight is 370 g/mol. The molecule has 0 spiro atoms. The monoisotopic (exact) mass is 370 g/mol. The van der Waals surface area contributed by atoms with Gasteiger partial charge in [0, 0.05) is 12.4 Å². The van der Waals surface area contributed by atoms with Crippen molar-refractivity contribution < 1.29 is 14.4 Å².